The van der Waals surface area contributed by atoms with Gasteiger partial charge in [-0.1, -0.05) is 155 Å². The lowest BCUT2D eigenvalue weighted by Crippen LogP contribution is -2.30. The van der Waals surface area contributed by atoms with Crippen molar-refractivity contribution in [2.24, 2.45) is 35.2 Å². The molecule has 0 radical (unpaired) electrons. The maximum atomic E-state index is 13.1. The van der Waals surface area contributed by atoms with E-state index in [1.165, 1.54) is 141 Å². The van der Waals surface area contributed by atoms with E-state index in [-0.39, 0.29) is 43.0 Å². The molecule has 0 saturated heterocycles. The second kappa shape index (κ2) is 39.2. The van der Waals surface area contributed by atoms with Gasteiger partial charge in [-0.3, -0.25) is 0 Å². The van der Waals surface area contributed by atoms with Crippen molar-refractivity contribution >= 4 is 55.5 Å². The highest BCUT2D eigenvalue weighted by Crippen LogP contribution is 2.40. The summed E-state index contributed by atoms with van der Waals surface area (Å²) in [5.74, 6) is 3.53. The fourth-order valence-corrected chi connectivity index (χ4v) is 15.9. The summed E-state index contributed by atoms with van der Waals surface area (Å²) >= 11 is 0. The molecule has 0 saturated carbocycles. The van der Waals surface area contributed by atoms with E-state index in [4.69, 9.17) is 27.1 Å². The van der Waals surface area contributed by atoms with E-state index in [9.17, 15) is 4.39 Å². The summed E-state index contributed by atoms with van der Waals surface area (Å²) in [5, 5.41) is 0. The van der Waals surface area contributed by atoms with Crippen LogP contribution in [0, 0.1) is 117 Å². The molecule has 0 aliphatic carbocycles. The van der Waals surface area contributed by atoms with Crippen LogP contribution >= 0.6 is 0 Å². The Labute approximate surface area is 730 Å². The predicted octanol–water partition coefficient (Wildman–Crippen LogP) is 26.6. The molecule has 10 heterocycles. The number of aromatic nitrogens is 10. The van der Waals surface area contributed by atoms with E-state index in [1.54, 1.807) is 12.1 Å². The van der Waals surface area contributed by atoms with Crippen LogP contribution in [0.25, 0.3) is 135 Å². The van der Waals surface area contributed by atoms with Gasteiger partial charge >= 0.3 is 0 Å². The summed E-state index contributed by atoms with van der Waals surface area (Å²) in [5.41, 5.74) is 44.1. The molecule has 0 N–H and O–H groups in total. The lowest BCUT2D eigenvalue weighted by molar-refractivity contribution is -0.659. The Hall–Kier alpha value is -12.4. The van der Waals surface area contributed by atoms with Gasteiger partial charge in [0.25, 0.3) is 0 Å². The van der Waals surface area contributed by atoms with Gasteiger partial charge in [-0.15, -0.1) is 0 Å². The number of halogens is 1. The van der Waals surface area contributed by atoms with Gasteiger partial charge in [0, 0.05) is 63.9 Å². The van der Waals surface area contributed by atoms with E-state index < -0.39 is 0 Å². The molecule has 17 aromatic rings. The van der Waals surface area contributed by atoms with Crippen molar-refractivity contribution in [1.82, 2.24) is 24.9 Å². The van der Waals surface area contributed by atoms with Gasteiger partial charge in [-0.05, 0) is 237 Å². The van der Waals surface area contributed by atoms with E-state index in [0.29, 0.717) is 35.1 Å². The molecule has 0 fully saturated rings. The molecule has 0 aliphatic rings. The second-order valence-electron chi connectivity index (χ2n) is 33.3. The van der Waals surface area contributed by atoms with Gasteiger partial charge < -0.3 is 22.1 Å². The normalized spacial score (nSPS) is 11.0. The Balaban J connectivity index is 0.000000191. The molecule has 16 heteroatoms. The molecule has 642 valence electrons. The van der Waals surface area contributed by atoms with Crippen LogP contribution in [0.1, 0.15) is 203 Å². The standard InChI is InChI=1S/C28H33N2O.C22H20FN2O.C19H23N2O.C17H19N2O.C16H17N2O.5CH4/c1-16(2)21-10-9-11-22(17(3)4)27(21)28-29-24-14-25(30(8)15-26(24)31-28)23-13-18(5)12-19(6)20(23)7;1-13-9-14(2)15(3)18(10-13)20-11-19-21(12-25(20)4)26-22(24-19)16-5-7-17(23)8-6-16;1-11(2)19-20-16-10-21(6)17(9-18(16)22-19)15-8-12(3)7-13(4)14(15)5;1-10-6-11(2)12(3)14(7-10)16-8-17-15(9-19(16)5)18-13(4)20-17;1-10-5-11(2)12(3)13(6-10)15-7-16-14(8-18(15)4)17-9-19-16;;;;;/h9-17H,1-8H3;5-12H,1-4H3;7-11H,1-6H3;6-9H,1-5H3;5-9H,1-4H3;5*1H4/q5*+1;;;;;. The van der Waals surface area contributed by atoms with E-state index in [0.717, 1.165) is 101 Å². The molecule has 15 nitrogen and oxygen atoms in total. The van der Waals surface area contributed by atoms with Gasteiger partial charge in [0.1, 0.15) is 52.1 Å². The summed E-state index contributed by atoms with van der Waals surface area (Å²) in [6, 6.07) is 45.4. The van der Waals surface area contributed by atoms with Crippen LogP contribution in [-0.2, 0) is 35.2 Å². The van der Waals surface area contributed by atoms with Crippen molar-refractivity contribution in [3.05, 3.63) is 283 Å². The van der Waals surface area contributed by atoms with Gasteiger partial charge in [0.15, 0.2) is 70.1 Å². The average molecular weight is 1660 g/mol. The summed E-state index contributed by atoms with van der Waals surface area (Å²) < 4.78 is 52.9. The maximum absolute atomic E-state index is 13.1. The zero-order chi connectivity index (χ0) is 84.9. The third-order valence-corrected chi connectivity index (χ3v) is 22.9. The fourth-order valence-electron chi connectivity index (χ4n) is 15.9. The number of benzene rings is 7. The summed E-state index contributed by atoms with van der Waals surface area (Å²) in [7, 11) is 10.2. The highest BCUT2D eigenvalue weighted by atomic mass is 19.1. The maximum Gasteiger partial charge on any atom is 0.228 e. The average Bonchev–Trinajstić information content (AvgIpc) is 1.64. The highest BCUT2D eigenvalue weighted by Gasteiger charge is 2.27. The first-order valence-electron chi connectivity index (χ1n) is 40.7. The quantitative estimate of drug-likeness (QED) is 0.121. The topological polar surface area (TPSA) is 150 Å². The molecule has 0 bridgehead atoms. The molecular formula is C107H132FN10O5+5. The Morgan fingerprint density at radius 3 is 1.02 bits per heavy atom. The molecule has 0 amide bonds. The Morgan fingerprint density at radius 2 is 0.642 bits per heavy atom. The second-order valence-corrected chi connectivity index (χ2v) is 33.3. The number of hydrogen-bond donors (Lipinski definition) is 0. The summed E-state index contributed by atoms with van der Waals surface area (Å²) in [6.07, 6.45) is 11.6. The predicted molar refractivity (Wildman–Crippen MR) is 506 cm³/mol. The molecule has 0 unspecified atom stereocenters. The van der Waals surface area contributed by atoms with Crippen molar-refractivity contribution in [1.29, 1.82) is 0 Å². The summed E-state index contributed by atoms with van der Waals surface area (Å²) in [6.45, 7) is 47.3. The SMILES string of the molecule is C.C.C.C.C.Cc1cc(C)c(C)c(-c2cc3nc(-c4c(C(C)C)cccc4C(C)C)oc3c[n+]2C)c1.Cc1cc(C)c(C)c(-c2cc3nc(-c4ccc(F)cc4)oc3c[n+]2C)c1.Cc1cc(C)c(C)c(-c2cc3oc(C(C)C)nc3c[n+]2C)c1.Cc1cc(C)c(C)c(-c2cc3oc(C)nc3c[n+]2C)c1.Cc1cc(C)c(C)c(-c2cc3ocnc3c[n+]2C)c1. The van der Waals surface area contributed by atoms with Crippen LogP contribution in [0.2, 0.25) is 0 Å². The number of nitrogens with zero attached hydrogens (tertiary/aromatic N) is 10. The minimum absolute atomic E-state index is 0. The van der Waals surface area contributed by atoms with Crippen molar-refractivity contribution in [3.8, 4) is 79.2 Å². The van der Waals surface area contributed by atoms with Crippen molar-refractivity contribution in [2.45, 2.75) is 207 Å². The van der Waals surface area contributed by atoms with Crippen LogP contribution in [0.5, 0.6) is 0 Å². The number of pyridine rings is 5. The lowest BCUT2D eigenvalue weighted by atomic mass is 9.88. The van der Waals surface area contributed by atoms with Crippen LogP contribution in [0.15, 0.2) is 193 Å². The monoisotopic (exact) mass is 1660 g/mol. The minimum Gasteiger partial charge on any atom is -0.443 e. The van der Waals surface area contributed by atoms with Gasteiger partial charge in [-0.2, -0.15) is 22.8 Å². The highest BCUT2D eigenvalue weighted by molar-refractivity contribution is 5.84. The van der Waals surface area contributed by atoms with E-state index >= 15 is 0 Å². The zero-order valence-corrected chi connectivity index (χ0v) is 73.8. The molecule has 0 atom stereocenters. The Kier molecular flexibility index (Phi) is 30.6. The molecule has 0 spiro atoms. The number of fused-ring (bicyclic) bond motifs is 5. The lowest BCUT2D eigenvalue weighted by Gasteiger charge is -2.17. The van der Waals surface area contributed by atoms with Crippen LogP contribution in [0.3, 0.4) is 0 Å². The fraction of sp³-hybridized carbons (Fsp3) is 0.327. The molecular weight excluding hydrogens is 1520 g/mol. The number of rotatable bonds is 10. The summed E-state index contributed by atoms with van der Waals surface area (Å²) in [4.78, 5) is 22.7. The first-order chi connectivity index (χ1) is 56.0. The molecule has 123 heavy (non-hydrogen) atoms. The molecule has 10 aromatic heterocycles. The third-order valence-electron chi connectivity index (χ3n) is 22.9. The third kappa shape index (κ3) is 20.4. The largest absolute Gasteiger partial charge is 0.443 e. The molecule has 17 rings (SSSR count). The van der Waals surface area contributed by atoms with Crippen molar-refractivity contribution in [2.75, 3.05) is 0 Å². The van der Waals surface area contributed by atoms with E-state index in [1.807, 2.05) is 45.7 Å². The van der Waals surface area contributed by atoms with Gasteiger partial charge in [0.05, 0.1) is 18.2 Å². The van der Waals surface area contributed by atoms with Crippen LogP contribution in [-0.4, -0.2) is 24.9 Å². The minimum atomic E-state index is -0.274. The van der Waals surface area contributed by atoms with E-state index in [2.05, 4.69) is 325 Å². The van der Waals surface area contributed by atoms with Crippen molar-refractivity contribution in [3.63, 3.8) is 0 Å². The van der Waals surface area contributed by atoms with Crippen LogP contribution in [0.4, 0.5) is 4.39 Å². The van der Waals surface area contributed by atoms with Gasteiger partial charge in [-0.25, -0.2) is 29.3 Å². The zero-order valence-electron chi connectivity index (χ0n) is 73.8. The Bertz CT molecular complexity index is 6680. The first-order valence-corrected chi connectivity index (χ1v) is 40.7. The number of oxazole rings is 5. The number of aryl methyl sites for hydroxylation is 16. The van der Waals surface area contributed by atoms with Gasteiger partial charge in [0.2, 0.25) is 63.8 Å². The first kappa shape index (κ1) is 96.0. The molecule has 7 aromatic carbocycles. The molecule has 0 aliphatic heterocycles. The van der Waals surface area contributed by atoms with Crippen LogP contribution < -0.4 is 22.8 Å². The smallest absolute Gasteiger partial charge is 0.228 e. The Morgan fingerprint density at radius 1 is 0.309 bits per heavy atom. The number of hydrogen-bond acceptors (Lipinski definition) is 10. The van der Waals surface area contributed by atoms with Crippen molar-refractivity contribution < 1.29 is 49.3 Å².